The number of methoxy groups -OCH3 is 1. The van der Waals surface area contributed by atoms with E-state index in [1.54, 1.807) is 7.11 Å². The summed E-state index contributed by atoms with van der Waals surface area (Å²) in [5, 5.41) is 3.47. The first-order valence-corrected chi connectivity index (χ1v) is 5.21. The van der Waals surface area contributed by atoms with E-state index in [-0.39, 0.29) is 0 Å². The minimum atomic E-state index is 0.727. The van der Waals surface area contributed by atoms with Gasteiger partial charge in [0, 0.05) is 25.9 Å². The summed E-state index contributed by atoms with van der Waals surface area (Å²) in [5.41, 5.74) is 2.75. The van der Waals surface area contributed by atoms with Gasteiger partial charge in [-0.3, -0.25) is 0 Å². The molecule has 2 heteroatoms. The molecule has 1 aromatic rings. The second kappa shape index (κ2) is 4.47. The van der Waals surface area contributed by atoms with Crippen LogP contribution in [0.2, 0.25) is 0 Å². The van der Waals surface area contributed by atoms with Gasteiger partial charge in [-0.25, -0.2) is 0 Å². The van der Waals surface area contributed by atoms with Crippen LogP contribution in [-0.4, -0.2) is 20.3 Å². The van der Waals surface area contributed by atoms with Gasteiger partial charge >= 0.3 is 0 Å². The van der Waals surface area contributed by atoms with Crippen LogP contribution in [0.3, 0.4) is 0 Å². The standard InChI is InChI=1S/C12H17NO/c1-14-7-6-10-8-11-4-2-3-5-12(11)13-9-10/h2-5,10,13H,6-9H2,1H3/t10-/m0/s1. The molecule has 0 radical (unpaired) electrons. The fourth-order valence-electron chi connectivity index (χ4n) is 2.00. The topological polar surface area (TPSA) is 21.3 Å². The van der Waals surface area contributed by atoms with Crippen LogP contribution in [0.5, 0.6) is 0 Å². The molecule has 76 valence electrons. The third kappa shape index (κ3) is 2.07. The van der Waals surface area contributed by atoms with Gasteiger partial charge in [0.25, 0.3) is 0 Å². The van der Waals surface area contributed by atoms with Crippen molar-refractivity contribution in [2.24, 2.45) is 5.92 Å². The predicted molar refractivity (Wildman–Crippen MR) is 58.6 cm³/mol. The molecule has 1 aliphatic heterocycles. The number of hydrogen-bond donors (Lipinski definition) is 1. The van der Waals surface area contributed by atoms with Gasteiger partial charge in [0.1, 0.15) is 0 Å². The van der Waals surface area contributed by atoms with Crippen molar-refractivity contribution >= 4 is 5.69 Å². The first-order chi connectivity index (χ1) is 6.90. The van der Waals surface area contributed by atoms with Crippen molar-refractivity contribution in [3.8, 4) is 0 Å². The smallest absolute Gasteiger partial charge is 0.0465 e. The zero-order valence-electron chi connectivity index (χ0n) is 8.62. The number of ether oxygens (including phenoxy) is 1. The molecule has 1 heterocycles. The Labute approximate surface area is 85.3 Å². The summed E-state index contributed by atoms with van der Waals surface area (Å²) >= 11 is 0. The largest absolute Gasteiger partial charge is 0.385 e. The van der Waals surface area contributed by atoms with Crippen molar-refractivity contribution in [1.82, 2.24) is 0 Å². The molecule has 0 saturated heterocycles. The Morgan fingerprint density at radius 2 is 2.29 bits per heavy atom. The van der Waals surface area contributed by atoms with E-state index in [9.17, 15) is 0 Å². The third-order valence-corrected chi connectivity index (χ3v) is 2.84. The Morgan fingerprint density at radius 1 is 1.43 bits per heavy atom. The Morgan fingerprint density at radius 3 is 3.14 bits per heavy atom. The summed E-state index contributed by atoms with van der Waals surface area (Å²) in [5.74, 6) is 0.727. The van der Waals surface area contributed by atoms with Crippen molar-refractivity contribution in [2.45, 2.75) is 12.8 Å². The van der Waals surface area contributed by atoms with Crippen LogP contribution in [0.1, 0.15) is 12.0 Å². The maximum atomic E-state index is 5.10. The molecule has 0 spiro atoms. The van der Waals surface area contributed by atoms with Crippen LogP contribution in [0.4, 0.5) is 5.69 Å². The maximum Gasteiger partial charge on any atom is 0.0465 e. The molecular formula is C12H17NO. The van der Waals surface area contributed by atoms with Crippen LogP contribution in [0.15, 0.2) is 24.3 Å². The van der Waals surface area contributed by atoms with Crippen LogP contribution in [0.25, 0.3) is 0 Å². The predicted octanol–water partition coefficient (Wildman–Crippen LogP) is 2.31. The number of rotatable bonds is 3. The van der Waals surface area contributed by atoms with Crippen molar-refractivity contribution in [1.29, 1.82) is 0 Å². The average molecular weight is 191 g/mol. The lowest BCUT2D eigenvalue weighted by atomic mass is 9.92. The zero-order chi connectivity index (χ0) is 9.80. The summed E-state index contributed by atoms with van der Waals surface area (Å²) in [6, 6.07) is 8.56. The SMILES string of the molecule is COCC[C@@H]1CNc2ccccc2C1. The Hall–Kier alpha value is -1.02. The second-order valence-corrected chi connectivity index (χ2v) is 3.89. The molecular weight excluding hydrogens is 174 g/mol. The zero-order valence-corrected chi connectivity index (χ0v) is 8.62. The quantitative estimate of drug-likeness (QED) is 0.791. The van der Waals surface area contributed by atoms with Gasteiger partial charge in [0.15, 0.2) is 0 Å². The van der Waals surface area contributed by atoms with Gasteiger partial charge in [-0.15, -0.1) is 0 Å². The monoisotopic (exact) mass is 191 g/mol. The van der Waals surface area contributed by atoms with E-state index < -0.39 is 0 Å². The molecule has 0 aromatic heterocycles. The first-order valence-electron chi connectivity index (χ1n) is 5.21. The van der Waals surface area contributed by atoms with Gasteiger partial charge < -0.3 is 10.1 Å². The van der Waals surface area contributed by atoms with Gasteiger partial charge in [-0.05, 0) is 30.4 Å². The van der Waals surface area contributed by atoms with Gasteiger partial charge in [0.05, 0.1) is 0 Å². The number of hydrogen-bond acceptors (Lipinski definition) is 2. The van der Waals surface area contributed by atoms with E-state index in [1.165, 1.54) is 17.7 Å². The van der Waals surface area contributed by atoms with Crippen LogP contribution in [0, 0.1) is 5.92 Å². The molecule has 0 saturated carbocycles. The third-order valence-electron chi connectivity index (χ3n) is 2.84. The summed E-state index contributed by atoms with van der Waals surface area (Å²) in [6.45, 7) is 1.95. The number of para-hydroxylation sites is 1. The van der Waals surface area contributed by atoms with E-state index in [4.69, 9.17) is 4.74 Å². The lowest BCUT2D eigenvalue weighted by Gasteiger charge is -2.25. The Bertz CT molecular complexity index is 298. The lowest BCUT2D eigenvalue weighted by Crippen LogP contribution is -2.24. The number of fused-ring (bicyclic) bond motifs is 1. The van der Waals surface area contributed by atoms with Crippen LogP contribution >= 0.6 is 0 Å². The average Bonchev–Trinajstić information content (AvgIpc) is 2.26. The minimum Gasteiger partial charge on any atom is -0.385 e. The van der Waals surface area contributed by atoms with Gasteiger partial charge in [0.2, 0.25) is 0 Å². The van der Waals surface area contributed by atoms with E-state index >= 15 is 0 Å². The Balaban J connectivity index is 1.99. The van der Waals surface area contributed by atoms with Gasteiger partial charge in [-0.2, -0.15) is 0 Å². The fraction of sp³-hybridized carbons (Fsp3) is 0.500. The van der Waals surface area contributed by atoms with Crippen LogP contribution < -0.4 is 5.32 Å². The molecule has 1 N–H and O–H groups in total. The fourth-order valence-corrected chi connectivity index (χ4v) is 2.00. The highest BCUT2D eigenvalue weighted by molar-refractivity contribution is 5.53. The van der Waals surface area contributed by atoms with Crippen molar-refractivity contribution < 1.29 is 4.74 Å². The highest BCUT2D eigenvalue weighted by atomic mass is 16.5. The number of benzene rings is 1. The highest BCUT2D eigenvalue weighted by Gasteiger charge is 2.16. The summed E-state index contributed by atoms with van der Waals surface area (Å²) in [4.78, 5) is 0. The second-order valence-electron chi connectivity index (χ2n) is 3.89. The highest BCUT2D eigenvalue weighted by Crippen LogP contribution is 2.25. The van der Waals surface area contributed by atoms with Crippen molar-refractivity contribution in [2.75, 3.05) is 25.6 Å². The van der Waals surface area contributed by atoms with E-state index in [1.807, 2.05) is 0 Å². The molecule has 0 aliphatic carbocycles. The molecule has 1 atom stereocenters. The minimum absolute atomic E-state index is 0.727. The molecule has 1 aromatic carbocycles. The molecule has 2 nitrogen and oxygen atoms in total. The maximum absolute atomic E-state index is 5.10. The number of anilines is 1. The normalized spacial score (nSPS) is 19.9. The summed E-state index contributed by atoms with van der Waals surface area (Å²) < 4.78 is 5.10. The molecule has 0 bridgehead atoms. The van der Waals surface area contributed by atoms with Crippen molar-refractivity contribution in [3.63, 3.8) is 0 Å². The molecule has 14 heavy (non-hydrogen) atoms. The van der Waals surface area contributed by atoms with E-state index in [2.05, 4.69) is 29.6 Å². The Kier molecular flexibility index (Phi) is 3.04. The summed E-state index contributed by atoms with van der Waals surface area (Å²) in [7, 11) is 1.77. The first kappa shape index (κ1) is 9.53. The molecule has 0 fully saturated rings. The summed E-state index contributed by atoms with van der Waals surface area (Å²) in [6.07, 6.45) is 2.34. The van der Waals surface area contributed by atoms with Gasteiger partial charge in [-0.1, -0.05) is 18.2 Å². The van der Waals surface area contributed by atoms with E-state index in [0.29, 0.717) is 0 Å². The molecule has 0 unspecified atom stereocenters. The van der Waals surface area contributed by atoms with Crippen LogP contribution in [-0.2, 0) is 11.2 Å². The van der Waals surface area contributed by atoms with Crippen molar-refractivity contribution in [3.05, 3.63) is 29.8 Å². The molecule has 0 amide bonds. The number of nitrogens with one attached hydrogen (secondary N) is 1. The lowest BCUT2D eigenvalue weighted by molar-refractivity contribution is 0.178. The molecule has 2 rings (SSSR count). The molecule has 1 aliphatic rings. The van der Waals surface area contributed by atoms with E-state index in [0.717, 1.165) is 25.5 Å².